The van der Waals surface area contributed by atoms with E-state index >= 15 is 0 Å². The van der Waals surface area contributed by atoms with E-state index < -0.39 is 5.97 Å². The lowest BCUT2D eigenvalue weighted by atomic mass is 10.2. The van der Waals surface area contributed by atoms with E-state index in [1.54, 1.807) is 12.1 Å². The van der Waals surface area contributed by atoms with Crippen LogP contribution in [0.4, 0.5) is 0 Å². The fourth-order valence-corrected chi connectivity index (χ4v) is 2.99. The molecule has 0 aliphatic carbocycles. The minimum Gasteiger partial charge on any atom is -0.478 e. The molecule has 2 rings (SSSR count). The van der Waals surface area contributed by atoms with Crippen molar-refractivity contribution in [3.05, 3.63) is 51.9 Å². The smallest absolute Gasteiger partial charge is 0.336 e. The van der Waals surface area contributed by atoms with Crippen LogP contribution in [0.3, 0.4) is 0 Å². The molecule has 5 heteroatoms. The number of furan rings is 1. The van der Waals surface area contributed by atoms with Gasteiger partial charge in [-0.25, -0.2) is 4.79 Å². The van der Waals surface area contributed by atoms with Crippen molar-refractivity contribution in [3.8, 4) is 0 Å². The first-order chi connectivity index (χ1) is 8.56. The molecule has 0 saturated heterocycles. The third-order valence-corrected chi connectivity index (χ3v) is 3.91. The summed E-state index contributed by atoms with van der Waals surface area (Å²) in [5, 5.41) is 9.11. The van der Waals surface area contributed by atoms with Crippen LogP contribution in [0.2, 0.25) is 0 Å². The highest BCUT2D eigenvalue weighted by Crippen LogP contribution is 2.29. The maximum atomic E-state index is 11.1. The average Bonchev–Trinajstić information content (AvgIpc) is 2.72. The summed E-state index contributed by atoms with van der Waals surface area (Å²) in [5.41, 5.74) is 0.312. The van der Waals surface area contributed by atoms with Crippen molar-refractivity contribution in [1.29, 1.82) is 0 Å². The number of benzene rings is 1. The zero-order valence-electron chi connectivity index (χ0n) is 9.64. The van der Waals surface area contributed by atoms with Gasteiger partial charge < -0.3 is 9.52 Å². The molecule has 0 atom stereocenters. The monoisotopic (exact) mass is 326 g/mol. The highest BCUT2D eigenvalue weighted by molar-refractivity contribution is 9.10. The Morgan fingerprint density at radius 2 is 2.17 bits per heavy atom. The van der Waals surface area contributed by atoms with Crippen LogP contribution in [0.1, 0.15) is 21.9 Å². The van der Waals surface area contributed by atoms with Gasteiger partial charge in [0.1, 0.15) is 11.5 Å². The van der Waals surface area contributed by atoms with E-state index in [4.69, 9.17) is 9.52 Å². The van der Waals surface area contributed by atoms with Crippen LogP contribution in [-0.2, 0) is 5.75 Å². The second-order valence-electron chi connectivity index (χ2n) is 3.75. The molecule has 0 unspecified atom stereocenters. The molecule has 94 valence electrons. The molecule has 0 saturated carbocycles. The molecule has 2 aromatic rings. The van der Waals surface area contributed by atoms with Crippen LogP contribution in [-0.4, -0.2) is 11.1 Å². The predicted octanol–water partition coefficient (Wildman–Crippen LogP) is 4.34. The van der Waals surface area contributed by atoms with E-state index in [0.717, 1.165) is 20.9 Å². The molecule has 18 heavy (non-hydrogen) atoms. The molecular weight excluding hydrogens is 316 g/mol. The number of rotatable bonds is 4. The number of carboxylic acids is 1. The fraction of sp³-hybridized carbons (Fsp3) is 0.154. The highest BCUT2D eigenvalue weighted by Gasteiger charge is 2.11. The molecule has 1 heterocycles. The van der Waals surface area contributed by atoms with Gasteiger partial charge in [-0.3, -0.25) is 0 Å². The summed E-state index contributed by atoms with van der Waals surface area (Å²) in [7, 11) is 0. The Balaban J connectivity index is 2.17. The second-order valence-corrected chi connectivity index (χ2v) is 5.68. The summed E-state index contributed by atoms with van der Waals surface area (Å²) in [5.74, 6) is 1.40. The first-order valence-corrected chi connectivity index (χ1v) is 7.05. The second kappa shape index (κ2) is 5.63. The van der Waals surface area contributed by atoms with E-state index in [0.29, 0.717) is 11.3 Å². The van der Waals surface area contributed by atoms with Gasteiger partial charge in [0.25, 0.3) is 0 Å². The fourth-order valence-electron chi connectivity index (χ4n) is 1.50. The van der Waals surface area contributed by atoms with Crippen molar-refractivity contribution in [2.75, 3.05) is 0 Å². The molecule has 0 amide bonds. The lowest BCUT2D eigenvalue weighted by molar-refractivity contribution is 0.0693. The molecular formula is C13H11BrO3S. The third-order valence-electron chi connectivity index (χ3n) is 2.34. The van der Waals surface area contributed by atoms with E-state index in [1.165, 1.54) is 11.8 Å². The minimum absolute atomic E-state index is 0.312. The lowest BCUT2D eigenvalue weighted by Crippen LogP contribution is -1.98. The average molecular weight is 327 g/mol. The third kappa shape index (κ3) is 3.17. The van der Waals surface area contributed by atoms with Crippen molar-refractivity contribution >= 4 is 33.7 Å². The number of carbonyl (C=O) groups is 1. The highest BCUT2D eigenvalue weighted by atomic mass is 79.9. The van der Waals surface area contributed by atoms with Crippen LogP contribution < -0.4 is 0 Å². The van der Waals surface area contributed by atoms with Crippen molar-refractivity contribution in [2.45, 2.75) is 17.6 Å². The number of aromatic carboxylic acids is 1. The first kappa shape index (κ1) is 13.2. The van der Waals surface area contributed by atoms with Crippen molar-refractivity contribution < 1.29 is 14.3 Å². The lowest BCUT2D eigenvalue weighted by Gasteiger charge is -2.05. The van der Waals surface area contributed by atoms with E-state index in [2.05, 4.69) is 15.9 Å². The largest absolute Gasteiger partial charge is 0.478 e. The Morgan fingerprint density at radius 1 is 1.39 bits per heavy atom. The van der Waals surface area contributed by atoms with Gasteiger partial charge in [-0.05, 0) is 37.3 Å². The summed E-state index contributed by atoms with van der Waals surface area (Å²) in [6.07, 6.45) is 0. The van der Waals surface area contributed by atoms with E-state index in [1.807, 2.05) is 25.1 Å². The SMILES string of the molecule is Cc1ccc(CSc2cc(Br)ccc2C(=O)O)o1. The molecule has 1 aromatic heterocycles. The van der Waals surface area contributed by atoms with Gasteiger partial charge in [-0.2, -0.15) is 0 Å². The normalized spacial score (nSPS) is 10.6. The first-order valence-electron chi connectivity index (χ1n) is 5.27. The Labute approximate surface area is 117 Å². The van der Waals surface area contributed by atoms with E-state index in [-0.39, 0.29) is 0 Å². The van der Waals surface area contributed by atoms with Crippen molar-refractivity contribution in [2.24, 2.45) is 0 Å². The standard InChI is InChI=1S/C13H11BrO3S/c1-8-2-4-10(17-8)7-18-12-6-9(14)3-5-11(12)13(15)16/h2-6H,7H2,1H3,(H,15,16). The molecule has 3 nitrogen and oxygen atoms in total. The Kier molecular flexibility index (Phi) is 4.14. The minimum atomic E-state index is -0.916. The molecule has 0 spiro atoms. The predicted molar refractivity (Wildman–Crippen MR) is 74.1 cm³/mol. The topological polar surface area (TPSA) is 50.4 Å². The summed E-state index contributed by atoms with van der Waals surface area (Å²) in [6, 6.07) is 8.94. The van der Waals surface area contributed by atoms with Gasteiger partial charge >= 0.3 is 5.97 Å². The van der Waals surface area contributed by atoms with Crippen LogP contribution >= 0.6 is 27.7 Å². The van der Waals surface area contributed by atoms with Crippen LogP contribution in [0.15, 0.2) is 44.1 Å². The van der Waals surface area contributed by atoms with Crippen molar-refractivity contribution in [3.63, 3.8) is 0 Å². The molecule has 1 N–H and O–H groups in total. The number of carboxylic acid groups (broad SMARTS) is 1. The Hall–Kier alpha value is -1.20. The number of halogens is 1. The van der Waals surface area contributed by atoms with Gasteiger partial charge in [0.15, 0.2) is 0 Å². The van der Waals surface area contributed by atoms with Gasteiger partial charge in [0, 0.05) is 9.37 Å². The quantitative estimate of drug-likeness (QED) is 0.849. The summed E-state index contributed by atoms with van der Waals surface area (Å²) < 4.78 is 6.32. The zero-order chi connectivity index (χ0) is 13.1. The maximum Gasteiger partial charge on any atom is 0.336 e. The Morgan fingerprint density at radius 3 is 2.78 bits per heavy atom. The molecule has 0 aliphatic heterocycles. The maximum absolute atomic E-state index is 11.1. The summed E-state index contributed by atoms with van der Waals surface area (Å²) in [4.78, 5) is 11.8. The van der Waals surface area contributed by atoms with E-state index in [9.17, 15) is 4.79 Å². The molecule has 0 aliphatic rings. The molecule has 0 fully saturated rings. The van der Waals surface area contributed by atoms with Gasteiger partial charge in [-0.1, -0.05) is 15.9 Å². The number of aryl methyl sites for hydroxylation is 1. The van der Waals surface area contributed by atoms with Gasteiger partial charge in [0.2, 0.25) is 0 Å². The number of thioether (sulfide) groups is 1. The van der Waals surface area contributed by atoms with Gasteiger partial charge in [0.05, 0.1) is 11.3 Å². The van der Waals surface area contributed by atoms with Crippen LogP contribution in [0.5, 0.6) is 0 Å². The molecule has 0 bridgehead atoms. The Bertz CT molecular complexity index is 577. The molecule has 0 radical (unpaired) electrons. The number of hydrogen-bond acceptors (Lipinski definition) is 3. The van der Waals surface area contributed by atoms with Gasteiger partial charge in [-0.15, -0.1) is 11.8 Å². The van der Waals surface area contributed by atoms with Crippen molar-refractivity contribution in [1.82, 2.24) is 0 Å². The summed E-state index contributed by atoms with van der Waals surface area (Å²) in [6.45, 7) is 1.88. The van der Waals surface area contributed by atoms with Crippen LogP contribution in [0.25, 0.3) is 0 Å². The summed E-state index contributed by atoms with van der Waals surface area (Å²) >= 11 is 4.80. The molecule has 1 aromatic carbocycles. The zero-order valence-corrected chi connectivity index (χ0v) is 12.0. The van der Waals surface area contributed by atoms with Crippen LogP contribution in [0, 0.1) is 6.92 Å². The number of hydrogen-bond donors (Lipinski definition) is 1.